The van der Waals surface area contributed by atoms with Crippen LogP contribution in [-0.4, -0.2) is 31.5 Å². The van der Waals surface area contributed by atoms with Gasteiger partial charge in [-0.05, 0) is 30.3 Å². The first-order chi connectivity index (χ1) is 12.0. The van der Waals surface area contributed by atoms with Gasteiger partial charge in [0.25, 0.3) is 5.91 Å². The smallest absolute Gasteiger partial charge is 0.258 e. The van der Waals surface area contributed by atoms with E-state index in [-0.39, 0.29) is 36.5 Å². The standard InChI is InChI=1S/C18H18ClFN2O3/c1-13(23)22(14-7-8-17(20)16(19)11-14)10-9-21-18(24)12-25-15-5-3-2-4-6-15/h2-8,11H,9-10,12H2,1H3,(H,21,24). The zero-order chi connectivity index (χ0) is 18.2. The van der Waals surface area contributed by atoms with E-state index in [4.69, 9.17) is 16.3 Å². The van der Waals surface area contributed by atoms with Gasteiger partial charge in [-0.1, -0.05) is 29.8 Å². The van der Waals surface area contributed by atoms with Crippen LogP contribution in [0.2, 0.25) is 5.02 Å². The average Bonchev–Trinajstić information content (AvgIpc) is 2.60. The average molecular weight is 365 g/mol. The Kier molecular flexibility index (Phi) is 6.77. The predicted octanol–water partition coefficient (Wildman–Crippen LogP) is 3.03. The van der Waals surface area contributed by atoms with Gasteiger partial charge in [0, 0.05) is 25.7 Å². The quantitative estimate of drug-likeness (QED) is 0.821. The van der Waals surface area contributed by atoms with E-state index in [2.05, 4.69) is 5.32 Å². The van der Waals surface area contributed by atoms with Crippen molar-refractivity contribution in [2.75, 3.05) is 24.6 Å². The minimum Gasteiger partial charge on any atom is -0.484 e. The van der Waals surface area contributed by atoms with Crippen molar-refractivity contribution in [1.82, 2.24) is 5.32 Å². The maximum absolute atomic E-state index is 13.2. The van der Waals surface area contributed by atoms with Crippen LogP contribution in [0.1, 0.15) is 6.92 Å². The number of hydrogen-bond donors (Lipinski definition) is 1. The monoisotopic (exact) mass is 364 g/mol. The molecule has 0 unspecified atom stereocenters. The highest BCUT2D eigenvalue weighted by Crippen LogP contribution is 2.22. The molecule has 2 rings (SSSR count). The summed E-state index contributed by atoms with van der Waals surface area (Å²) < 4.78 is 18.6. The van der Waals surface area contributed by atoms with Gasteiger partial charge in [-0.3, -0.25) is 9.59 Å². The van der Waals surface area contributed by atoms with E-state index >= 15 is 0 Å². The number of halogens is 2. The third-order valence-corrected chi connectivity index (χ3v) is 3.66. The van der Waals surface area contributed by atoms with E-state index in [1.807, 2.05) is 18.2 Å². The van der Waals surface area contributed by atoms with Gasteiger partial charge in [0.15, 0.2) is 6.61 Å². The molecule has 0 aliphatic carbocycles. The predicted molar refractivity (Wildman–Crippen MR) is 94.4 cm³/mol. The van der Waals surface area contributed by atoms with E-state index in [1.165, 1.54) is 30.0 Å². The number of hydrogen-bond acceptors (Lipinski definition) is 3. The fourth-order valence-corrected chi connectivity index (χ4v) is 2.32. The van der Waals surface area contributed by atoms with Crippen molar-refractivity contribution in [1.29, 1.82) is 0 Å². The maximum atomic E-state index is 13.2. The van der Waals surface area contributed by atoms with Crippen LogP contribution in [0.5, 0.6) is 5.75 Å². The van der Waals surface area contributed by atoms with E-state index in [0.717, 1.165) is 0 Å². The Balaban J connectivity index is 1.83. The Labute approximate surface area is 150 Å². The maximum Gasteiger partial charge on any atom is 0.258 e. The Morgan fingerprint density at radius 1 is 1.20 bits per heavy atom. The topological polar surface area (TPSA) is 58.6 Å². The van der Waals surface area contributed by atoms with Crippen LogP contribution in [0.4, 0.5) is 10.1 Å². The zero-order valence-corrected chi connectivity index (χ0v) is 14.4. The van der Waals surface area contributed by atoms with Crippen LogP contribution in [0, 0.1) is 5.82 Å². The molecule has 2 aromatic carbocycles. The van der Waals surface area contributed by atoms with Gasteiger partial charge in [0.05, 0.1) is 5.02 Å². The Hall–Kier alpha value is -2.60. The molecular formula is C18H18ClFN2O3. The van der Waals surface area contributed by atoms with Gasteiger partial charge >= 0.3 is 0 Å². The fourth-order valence-electron chi connectivity index (χ4n) is 2.15. The van der Waals surface area contributed by atoms with Crippen molar-refractivity contribution in [2.24, 2.45) is 0 Å². The minimum atomic E-state index is -0.555. The molecule has 1 N–H and O–H groups in total. The van der Waals surface area contributed by atoms with Crippen LogP contribution in [0.15, 0.2) is 48.5 Å². The summed E-state index contributed by atoms with van der Waals surface area (Å²) in [6.07, 6.45) is 0. The van der Waals surface area contributed by atoms with Crippen molar-refractivity contribution in [3.63, 3.8) is 0 Å². The highest BCUT2D eigenvalue weighted by atomic mass is 35.5. The van der Waals surface area contributed by atoms with Gasteiger partial charge in [-0.2, -0.15) is 0 Å². The van der Waals surface area contributed by atoms with Crippen LogP contribution < -0.4 is 15.0 Å². The lowest BCUT2D eigenvalue weighted by Gasteiger charge is -2.21. The number of amides is 2. The molecule has 0 spiro atoms. The Morgan fingerprint density at radius 3 is 2.56 bits per heavy atom. The minimum absolute atomic E-state index is 0.0657. The molecule has 7 heteroatoms. The largest absolute Gasteiger partial charge is 0.484 e. The summed E-state index contributed by atoms with van der Waals surface area (Å²) in [4.78, 5) is 25.0. The number of rotatable bonds is 7. The van der Waals surface area contributed by atoms with Crippen LogP contribution in [0.3, 0.4) is 0 Å². The molecule has 0 atom stereocenters. The second-order valence-electron chi connectivity index (χ2n) is 5.22. The molecule has 2 aromatic rings. The molecule has 5 nitrogen and oxygen atoms in total. The Morgan fingerprint density at radius 2 is 1.92 bits per heavy atom. The molecule has 0 bridgehead atoms. The first kappa shape index (κ1) is 18.7. The number of ether oxygens (including phenoxy) is 1. The summed E-state index contributed by atoms with van der Waals surface area (Å²) in [6, 6.07) is 13.0. The molecular weight excluding hydrogens is 347 g/mol. The van der Waals surface area contributed by atoms with Gasteiger partial charge in [-0.25, -0.2) is 4.39 Å². The molecule has 0 saturated heterocycles. The molecule has 0 aromatic heterocycles. The molecule has 25 heavy (non-hydrogen) atoms. The van der Waals surface area contributed by atoms with Gasteiger partial charge in [-0.15, -0.1) is 0 Å². The first-order valence-corrected chi connectivity index (χ1v) is 8.03. The van der Waals surface area contributed by atoms with Crippen molar-refractivity contribution in [2.45, 2.75) is 6.92 Å². The van der Waals surface area contributed by atoms with Crippen molar-refractivity contribution in [3.05, 3.63) is 59.4 Å². The van der Waals surface area contributed by atoms with E-state index in [0.29, 0.717) is 11.4 Å². The van der Waals surface area contributed by atoms with Gasteiger partial charge in [0.1, 0.15) is 11.6 Å². The molecule has 0 saturated carbocycles. The number of nitrogens with one attached hydrogen (secondary N) is 1. The normalized spacial score (nSPS) is 10.2. The number of anilines is 1. The number of para-hydroxylation sites is 1. The van der Waals surface area contributed by atoms with Crippen LogP contribution in [0.25, 0.3) is 0 Å². The molecule has 0 heterocycles. The highest BCUT2D eigenvalue weighted by Gasteiger charge is 2.13. The lowest BCUT2D eigenvalue weighted by Crippen LogP contribution is -2.39. The van der Waals surface area contributed by atoms with Crippen LogP contribution >= 0.6 is 11.6 Å². The van der Waals surface area contributed by atoms with Crippen molar-refractivity contribution in [3.8, 4) is 5.75 Å². The Bertz CT molecular complexity index is 740. The summed E-state index contributed by atoms with van der Waals surface area (Å²) >= 11 is 5.75. The van der Waals surface area contributed by atoms with Crippen molar-refractivity contribution < 1.29 is 18.7 Å². The summed E-state index contributed by atoms with van der Waals surface area (Å²) in [5.74, 6) is -0.494. The summed E-state index contributed by atoms with van der Waals surface area (Å²) in [5, 5.41) is 2.60. The van der Waals surface area contributed by atoms with Gasteiger partial charge in [0.2, 0.25) is 5.91 Å². The second kappa shape index (κ2) is 9.03. The highest BCUT2D eigenvalue weighted by molar-refractivity contribution is 6.31. The second-order valence-corrected chi connectivity index (χ2v) is 5.63. The van der Waals surface area contributed by atoms with E-state index in [1.54, 1.807) is 12.1 Å². The lowest BCUT2D eigenvalue weighted by molar-refractivity contribution is -0.123. The van der Waals surface area contributed by atoms with E-state index < -0.39 is 5.82 Å². The zero-order valence-electron chi connectivity index (χ0n) is 13.7. The molecule has 2 amide bonds. The third kappa shape index (κ3) is 5.76. The molecule has 132 valence electrons. The summed E-state index contributed by atoms with van der Waals surface area (Å²) in [5.41, 5.74) is 0.466. The van der Waals surface area contributed by atoms with Crippen LogP contribution in [-0.2, 0) is 9.59 Å². The fraction of sp³-hybridized carbons (Fsp3) is 0.222. The summed E-state index contributed by atoms with van der Waals surface area (Å²) in [6.45, 7) is 1.73. The third-order valence-electron chi connectivity index (χ3n) is 3.37. The molecule has 0 aliphatic rings. The molecule has 0 radical (unpaired) electrons. The number of nitrogens with zero attached hydrogens (tertiary/aromatic N) is 1. The molecule has 0 fully saturated rings. The summed E-state index contributed by atoms with van der Waals surface area (Å²) in [7, 11) is 0. The number of benzene rings is 2. The van der Waals surface area contributed by atoms with Crippen molar-refractivity contribution >= 4 is 29.1 Å². The first-order valence-electron chi connectivity index (χ1n) is 7.65. The lowest BCUT2D eigenvalue weighted by atomic mass is 10.2. The van der Waals surface area contributed by atoms with E-state index in [9.17, 15) is 14.0 Å². The number of carbonyl (C=O) groups is 2. The number of carbonyl (C=O) groups excluding carboxylic acids is 2. The molecule has 0 aliphatic heterocycles. The SMILES string of the molecule is CC(=O)N(CCNC(=O)COc1ccccc1)c1ccc(F)c(Cl)c1. The van der Waals surface area contributed by atoms with Gasteiger partial charge < -0.3 is 15.0 Å².